The zero-order valence-corrected chi connectivity index (χ0v) is 13.2. The zero-order valence-electron chi connectivity index (χ0n) is 10.8. The Bertz CT molecular complexity index is 702. The van der Waals surface area contributed by atoms with E-state index in [1.807, 2.05) is 24.3 Å². The average molecular weight is 367 g/mol. The summed E-state index contributed by atoms with van der Waals surface area (Å²) in [5.74, 6) is 1.22. The van der Waals surface area contributed by atoms with Crippen molar-refractivity contribution in [1.29, 1.82) is 0 Å². The average Bonchev–Trinajstić information content (AvgIpc) is 2.92. The molecule has 1 aliphatic heterocycles. The fourth-order valence-corrected chi connectivity index (χ4v) is 3.52. The van der Waals surface area contributed by atoms with Gasteiger partial charge in [0, 0.05) is 15.1 Å². The second-order valence-corrected chi connectivity index (χ2v) is 6.35. The lowest BCUT2D eigenvalue weighted by atomic mass is 10.2. The van der Waals surface area contributed by atoms with Gasteiger partial charge in [0.15, 0.2) is 11.5 Å². The third-order valence-electron chi connectivity index (χ3n) is 3.01. The van der Waals surface area contributed by atoms with E-state index >= 15 is 0 Å². The number of benzene rings is 2. The van der Waals surface area contributed by atoms with Crippen LogP contribution in [0.1, 0.15) is 15.9 Å². The molecule has 0 bridgehead atoms. The molecular weight excluding hydrogens is 356 g/mol. The molecule has 108 valence electrons. The number of fused-ring (bicyclic) bond motifs is 1. The first-order chi connectivity index (χ1) is 10.1. The van der Waals surface area contributed by atoms with E-state index in [0.717, 1.165) is 26.4 Å². The summed E-state index contributed by atoms with van der Waals surface area (Å²) < 4.78 is 11.5. The fraction of sp³-hybridized carbons (Fsp3) is 0.133. The first-order valence-corrected chi connectivity index (χ1v) is 7.95. The Morgan fingerprint density at radius 1 is 1.19 bits per heavy atom. The Morgan fingerprint density at radius 2 is 2.00 bits per heavy atom. The van der Waals surface area contributed by atoms with Crippen LogP contribution in [0.5, 0.6) is 11.5 Å². The number of rotatable bonds is 4. The summed E-state index contributed by atoms with van der Waals surface area (Å²) in [7, 11) is 0. The lowest BCUT2D eigenvalue weighted by Gasteiger charge is -2.07. The molecule has 0 saturated carbocycles. The molecule has 0 radical (unpaired) electrons. The number of hydrogen-bond donors (Lipinski definition) is 1. The van der Waals surface area contributed by atoms with Crippen molar-refractivity contribution in [2.24, 2.45) is 0 Å². The van der Waals surface area contributed by atoms with Gasteiger partial charge >= 0.3 is 5.97 Å². The molecule has 3 rings (SSSR count). The van der Waals surface area contributed by atoms with Crippen molar-refractivity contribution in [2.75, 3.05) is 6.79 Å². The molecule has 21 heavy (non-hydrogen) atoms. The highest BCUT2D eigenvalue weighted by atomic mass is 79.9. The van der Waals surface area contributed by atoms with E-state index < -0.39 is 5.97 Å². The van der Waals surface area contributed by atoms with E-state index in [0.29, 0.717) is 11.3 Å². The zero-order chi connectivity index (χ0) is 14.8. The maximum absolute atomic E-state index is 11.2. The number of carbonyl (C=O) groups is 1. The van der Waals surface area contributed by atoms with Gasteiger partial charge in [-0.05, 0) is 35.9 Å². The van der Waals surface area contributed by atoms with Gasteiger partial charge in [-0.3, -0.25) is 0 Å². The highest BCUT2D eigenvalue weighted by Gasteiger charge is 2.14. The third-order valence-corrected chi connectivity index (χ3v) is 4.63. The monoisotopic (exact) mass is 366 g/mol. The van der Waals surface area contributed by atoms with Crippen LogP contribution in [0.3, 0.4) is 0 Å². The molecule has 4 nitrogen and oxygen atoms in total. The number of aromatic carboxylic acids is 1. The molecule has 0 spiro atoms. The molecule has 0 saturated heterocycles. The van der Waals surface area contributed by atoms with Gasteiger partial charge in [-0.15, -0.1) is 11.8 Å². The summed E-state index contributed by atoms with van der Waals surface area (Å²) in [6, 6.07) is 10.9. The quantitative estimate of drug-likeness (QED) is 0.823. The minimum Gasteiger partial charge on any atom is -0.478 e. The number of halogens is 1. The predicted octanol–water partition coefficient (Wildman–Crippen LogP) is 4.17. The summed E-state index contributed by atoms with van der Waals surface area (Å²) in [4.78, 5) is 12.0. The number of carboxylic acids is 1. The molecule has 0 amide bonds. The number of ether oxygens (including phenoxy) is 2. The Hall–Kier alpha value is -1.66. The summed E-state index contributed by atoms with van der Waals surface area (Å²) in [6.45, 7) is 0.251. The minimum absolute atomic E-state index is 0.251. The Kier molecular flexibility index (Phi) is 4.07. The fourth-order valence-electron chi connectivity index (χ4n) is 1.98. The van der Waals surface area contributed by atoms with E-state index in [1.54, 1.807) is 12.1 Å². The highest BCUT2D eigenvalue weighted by molar-refractivity contribution is 9.10. The van der Waals surface area contributed by atoms with E-state index in [1.165, 1.54) is 11.8 Å². The minimum atomic E-state index is -0.921. The number of thioether (sulfide) groups is 1. The molecule has 0 aromatic heterocycles. The van der Waals surface area contributed by atoms with Gasteiger partial charge in [-0.1, -0.05) is 22.0 Å². The van der Waals surface area contributed by atoms with Crippen LogP contribution in [-0.2, 0) is 5.75 Å². The predicted molar refractivity (Wildman–Crippen MR) is 83.2 cm³/mol. The van der Waals surface area contributed by atoms with Crippen molar-refractivity contribution in [3.63, 3.8) is 0 Å². The number of hydrogen-bond acceptors (Lipinski definition) is 4. The van der Waals surface area contributed by atoms with E-state index in [2.05, 4.69) is 15.9 Å². The van der Waals surface area contributed by atoms with Gasteiger partial charge in [0.2, 0.25) is 6.79 Å². The van der Waals surface area contributed by atoms with Gasteiger partial charge in [-0.2, -0.15) is 0 Å². The Labute approximate surface area is 134 Å². The maximum Gasteiger partial charge on any atom is 0.336 e. The summed E-state index contributed by atoms with van der Waals surface area (Å²) in [6.07, 6.45) is 0. The standard InChI is InChI=1S/C15H11BrO4S/c16-10-2-3-11(15(17)18)14(6-10)21-7-9-1-4-12-13(5-9)20-8-19-12/h1-6H,7-8H2,(H,17,18). The van der Waals surface area contributed by atoms with Gasteiger partial charge in [-0.25, -0.2) is 4.79 Å². The van der Waals surface area contributed by atoms with Gasteiger partial charge in [0.25, 0.3) is 0 Å². The molecule has 1 N–H and O–H groups in total. The molecule has 1 aliphatic rings. The molecule has 0 aliphatic carbocycles. The largest absolute Gasteiger partial charge is 0.478 e. The van der Waals surface area contributed by atoms with Crippen LogP contribution in [0, 0.1) is 0 Å². The van der Waals surface area contributed by atoms with E-state index in [-0.39, 0.29) is 6.79 Å². The molecule has 0 atom stereocenters. The first kappa shape index (κ1) is 14.3. The SMILES string of the molecule is O=C(O)c1ccc(Br)cc1SCc1ccc2c(c1)OCO2. The lowest BCUT2D eigenvalue weighted by Crippen LogP contribution is -1.98. The molecular formula is C15H11BrO4S. The second-order valence-electron chi connectivity index (χ2n) is 4.42. The summed E-state index contributed by atoms with van der Waals surface area (Å²) in [5.41, 5.74) is 1.37. The topological polar surface area (TPSA) is 55.8 Å². The van der Waals surface area contributed by atoms with Crippen LogP contribution in [0.25, 0.3) is 0 Å². The van der Waals surface area contributed by atoms with Crippen LogP contribution < -0.4 is 9.47 Å². The third kappa shape index (κ3) is 3.16. The highest BCUT2D eigenvalue weighted by Crippen LogP contribution is 2.35. The molecule has 0 fully saturated rings. The van der Waals surface area contributed by atoms with Crippen molar-refractivity contribution in [3.05, 3.63) is 52.0 Å². The summed E-state index contributed by atoms with van der Waals surface area (Å²) >= 11 is 4.85. The van der Waals surface area contributed by atoms with Crippen molar-refractivity contribution in [3.8, 4) is 11.5 Å². The molecule has 1 heterocycles. The second kappa shape index (κ2) is 5.99. The van der Waals surface area contributed by atoms with Crippen LogP contribution >= 0.6 is 27.7 Å². The molecule has 0 unspecified atom stereocenters. The Balaban J connectivity index is 1.78. The first-order valence-electron chi connectivity index (χ1n) is 6.17. The van der Waals surface area contributed by atoms with Gasteiger partial charge in [0.1, 0.15) is 0 Å². The normalized spacial score (nSPS) is 12.4. The molecule has 6 heteroatoms. The van der Waals surface area contributed by atoms with Crippen LogP contribution in [0.4, 0.5) is 0 Å². The van der Waals surface area contributed by atoms with Crippen LogP contribution in [0.15, 0.2) is 45.8 Å². The van der Waals surface area contributed by atoms with Crippen LogP contribution in [0.2, 0.25) is 0 Å². The number of carboxylic acid groups (broad SMARTS) is 1. The Morgan fingerprint density at radius 3 is 2.81 bits per heavy atom. The molecule has 2 aromatic rings. The summed E-state index contributed by atoms with van der Waals surface area (Å²) in [5, 5.41) is 9.22. The van der Waals surface area contributed by atoms with E-state index in [4.69, 9.17) is 9.47 Å². The van der Waals surface area contributed by atoms with Gasteiger partial charge in [0.05, 0.1) is 5.56 Å². The lowest BCUT2D eigenvalue weighted by molar-refractivity contribution is 0.0693. The van der Waals surface area contributed by atoms with Gasteiger partial charge < -0.3 is 14.6 Å². The van der Waals surface area contributed by atoms with Crippen molar-refractivity contribution in [2.45, 2.75) is 10.6 Å². The smallest absolute Gasteiger partial charge is 0.336 e. The van der Waals surface area contributed by atoms with Crippen molar-refractivity contribution >= 4 is 33.7 Å². The van der Waals surface area contributed by atoms with Crippen LogP contribution in [-0.4, -0.2) is 17.9 Å². The van der Waals surface area contributed by atoms with Crippen molar-refractivity contribution in [1.82, 2.24) is 0 Å². The molecule has 2 aromatic carbocycles. The van der Waals surface area contributed by atoms with Crippen molar-refractivity contribution < 1.29 is 19.4 Å². The maximum atomic E-state index is 11.2. The van der Waals surface area contributed by atoms with E-state index in [9.17, 15) is 9.90 Å².